The number of nitrogens with one attached hydrogen (secondary N) is 1. The van der Waals surface area contributed by atoms with E-state index in [2.05, 4.69) is 20.3 Å². The standard InChI is InChI=1S/C15H14FN5/c1-9(12-7-2-3-8-18-12)19-14-10-5-4-6-11(16)13(10)20-15(17)21-14/h2-9H,1H3,(H3,17,19,20,21)/t9-/m1/s1. The zero-order chi connectivity index (χ0) is 14.8. The smallest absolute Gasteiger partial charge is 0.222 e. The van der Waals surface area contributed by atoms with Crippen LogP contribution in [-0.4, -0.2) is 15.0 Å². The monoisotopic (exact) mass is 283 g/mol. The van der Waals surface area contributed by atoms with Crippen LogP contribution in [0.1, 0.15) is 18.7 Å². The molecular weight excluding hydrogens is 269 g/mol. The summed E-state index contributed by atoms with van der Waals surface area (Å²) in [6.07, 6.45) is 1.72. The Balaban J connectivity index is 2.03. The highest BCUT2D eigenvalue weighted by Crippen LogP contribution is 2.26. The van der Waals surface area contributed by atoms with Crippen molar-refractivity contribution in [3.63, 3.8) is 0 Å². The average Bonchev–Trinajstić information content (AvgIpc) is 2.49. The van der Waals surface area contributed by atoms with Gasteiger partial charge in [-0.1, -0.05) is 12.1 Å². The van der Waals surface area contributed by atoms with Crippen molar-refractivity contribution < 1.29 is 4.39 Å². The predicted molar refractivity (Wildman–Crippen MR) is 80.2 cm³/mol. The van der Waals surface area contributed by atoms with Crippen molar-refractivity contribution in [3.8, 4) is 0 Å². The number of anilines is 2. The lowest BCUT2D eigenvalue weighted by molar-refractivity contribution is 0.636. The molecule has 6 heteroatoms. The third kappa shape index (κ3) is 2.60. The molecule has 2 aromatic heterocycles. The van der Waals surface area contributed by atoms with Gasteiger partial charge >= 0.3 is 0 Å². The van der Waals surface area contributed by atoms with E-state index < -0.39 is 5.82 Å². The van der Waals surface area contributed by atoms with E-state index >= 15 is 0 Å². The normalized spacial score (nSPS) is 12.3. The van der Waals surface area contributed by atoms with Crippen LogP contribution in [0.5, 0.6) is 0 Å². The predicted octanol–water partition coefficient (Wildman–Crippen LogP) is 2.92. The van der Waals surface area contributed by atoms with Gasteiger partial charge in [-0.3, -0.25) is 4.98 Å². The van der Waals surface area contributed by atoms with E-state index in [1.54, 1.807) is 18.3 Å². The number of pyridine rings is 1. The molecule has 3 rings (SSSR count). The van der Waals surface area contributed by atoms with Crippen molar-refractivity contribution in [1.29, 1.82) is 0 Å². The maximum absolute atomic E-state index is 13.8. The number of hydrogen-bond donors (Lipinski definition) is 2. The molecule has 3 aromatic rings. The summed E-state index contributed by atoms with van der Waals surface area (Å²) < 4.78 is 13.8. The number of para-hydroxylation sites is 1. The molecule has 0 unspecified atom stereocenters. The van der Waals surface area contributed by atoms with Gasteiger partial charge in [-0.15, -0.1) is 0 Å². The molecular formula is C15H14FN5. The molecule has 0 aliphatic carbocycles. The lowest BCUT2D eigenvalue weighted by Crippen LogP contribution is -2.11. The molecule has 0 radical (unpaired) electrons. The first kappa shape index (κ1) is 13.2. The van der Waals surface area contributed by atoms with Gasteiger partial charge in [0.2, 0.25) is 5.95 Å². The summed E-state index contributed by atoms with van der Waals surface area (Å²) in [4.78, 5) is 12.4. The van der Waals surface area contributed by atoms with Gasteiger partial charge in [0, 0.05) is 11.6 Å². The van der Waals surface area contributed by atoms with E-state index in [9.17, 15) is 4.39 Å². The number of benzene rings is 1. The highest BCUT2D eigenvalue weighted by atomic mass is 19.1. The second kappa shape index (κ2) is 5.32. The summed E-state index contributed by atoms with van der Waals surface area (Å²) in [5.41, 5.74) is 6.73. The summed E-state index contributed by atoms with van der Waals surface area (Å²) in [6, 6.07) is 10.3. The molecule has 5 nitrogen and oxygen atoms in total. The zero-order valence-electron chi connectivity index (χ0n) is 11.4. The number of fused-ring (bicyclic) bond motifs is 1. The van der Waals surface area contributed by atoms with Crippen molar-refractivity contribution in [1.82, 2.24) is 15.0 Å². The van der Waals surface area contributed by atoms with Gasteiger partial charge < -0.3 is 11.1 Å². The van der Waals surface area contributed by atoms with Crippen molar-refractivity contribution in [3.05, 3.63) is 54.1 Å². The number of halogens is 1. The van der Waals surface area contributed by atoms with E-state index in [-0.39, 0.29) is 17.5 Å². The maximum Gasteiger partial charge on any atom is 0.222 e. The molecule has 0 spiro atoms. The van der Waals surface area contributed by atoms with E-state index in [1.807, 2.05) is 25.1 Å². The first-order chi connectivity index (χ1) is 10.1. The van der Waals surface area contributed by atoms with Crippen LogP contribution in [0, 0.1) is 5.82 Å². The van der Waals surface area contributed by atoms with Crippen LogP contribution in [-0.2, 0) is 0 Å². The largest absolute Gasteiger partial charge is 0.368 e. The molecule has 2 heterocycles. The molecule has 0 fully saturated rings. The number of nitrogen functional groups attached to an aromatic ring is 1. The minimum Gasteiger partial charge on any atom is -0.368 e. The number of hydrogen-bond acceptors (Lipinski definition) is 5. The molecule has 3 N–H and O–H groups in total. The Morgan fingerprint density at radius 2 is 2.00 bits per heavy atom. The fourth-order valence-corrected chi connectivity index (χ4v) is 2.16. The van der Waals surface area contributed by atoms with Gasteiger partial charge in [-0.2, -0.15) is 4.98 Å². The molecule has 1 atom stereocenters. The van der Waals surface area contributed by atoms with Gasteiger partial charge in [0.25, 0.3) is 0 Å². The van der Waals surface area contributed by atoms with E-state index in [0.717, 1.165) is 5.69 Å². The fraction of sp³-hybridized carbons (Fsp3) is 0.133. The number of nitrogens with zero attached hydrogens (tertiary/aromatic N) is 3. The Kier molecular flexibility index (Phi) is 3.35. The molecule has 106 valence electrons. The lowest BCUT2D eigenvalue weighted by atomic mass is 10.2. The Labute approximate surface area is 121 Å². The van der Waals surface area contributed by atoms with Gasteiger partial charge in [0.1, 0.15) is 17.2 Å². The minimum atomic E-state index is -0.421. The Hall–Kier alpha value is -2.76. The second-order valence-corrected chi connectivity index (χ2v) is 4.69. The first-order valence-electron chi connectivity index (χ1n) is 6.54. The van der Waals surface area contributed by atoms with Gasteiger partial charge in [0.15, 0.2) is 0 Å². The average molecular weight is 283 g/mol. The number of aromatic nitrogens is 3. The molecule has 0 aliphatic rings. The zero-order valence-corrected chi connectivity index (χ0v) is 11.4. The number of nitrogens with two attached hydrogens (primary N) is 1. The molecule has 0 amide bonds. The second-order valence-electron chi connectivity index (χ2n) is 4.69. The van der Waals surface area contributed by atoms with Gasteiger partial charge in [-0.25, -0.2) is 9.37 Å². The van der Waals surface area contributed by atoms with E-state index in [1.165, 1.54) is 6.07 Å². The Morgan fingerprint density at radius 3 is 2.76 bits per heavy atom. The first-order valence-corrected chi connectivity index (χ1v) is 6.54. The summed E-state index contributed by atoms with van der Waals surface area (Å²) in [5, 5.41) is 3.80. The van der Waals surface area contributed by atoms with Crippen molar-refractivity contribution in [2.24, 2.45) is 0 Å². The SMILES string of the molecule is C[C@@H](Nc1nc(N)nc2c(F)cccc12)c1ccccn1. The van der Waals surface area contributed by atoms with Crippen LogP contribution in [0.2, 0.25) is 0 Å². The van der Waals surface area contributed by atoms with Crippen molar-refractivity contribution in [2.45, 2.75) is 13.0 Å². The molecule has 0 bridgehead atoms. The fourth-order valence-electron chi connectivity index (χ4n) is 2.16. The summed E-state index contributed by atoms with van der Waals surface area (Å²) in [5.74, 6) is 0.105. The van der Waals surface area contributed by atoms with Crippen LogP contribution in [0.15, 0.2) is 42.6 Å². The van der Waals surface area contributed by atoms with E-state index in [4.69, 9.17) is 5.73 Å². The molecule has 0 aliphatic heterocycles. The molecule has 21 heavy (non-hydrogen) atoms. The Bertz CT molecular complexity index is 776. The molecule has 0 saturated carbocycles. The third-order valence-electron chi connectivity index (χ3n) is 3.18. The van der Waals surface area contributed by atoms with Crippen molar-refractivity contribution in [2.75, 3.05) is 11.1 Å². The highest BCUT2D eigenvalue weighted by Gasteiger charge is 2.13. The van der Waals surface area contributed by atoms with Crippen LogP contribution >= 0.6 is 0 Å². The number of rotatable bonds is 3. The van der Waals surface area contributed by atoms with Gasteiger partial charge in [0.05, 0.1) is 11.7 Å². The quantitative estimate of drug-likeness (QED) is 0.773. The summed E-state index contributed by atoms with van der Waals surface area (Å²) in [6.45, 7) is 1.95. The van der Waals surface area contributed by atoms with Crippen LogP contribution in [0.4, 0.5) is 16.2 Å². The minimum absolute atomic E-state index is 0.0309. The van der Waals surface area contributed by atoms with Gasteiger partial charge in [-0.05, 0) is 31.2 Å². The van der Waals surface area contributed by atoms with Crippen LogP contribution < -0.4 is 11.1 Å². The third-order valence-corrected chi connectivity index (χ3v) is 3.18. The summed E-state index contributed by atoms with van der Waals surface area (Å²) in [7, 11) is 0. The molecule has 1 aromatic carbocycles. The van der Waals surface area contributed by atoms with Crippen LogP contribution in [0.3, 0.4) is 0 Å². The maximum atomic E-state index is 13.8. The van der Waals surface area contributed by atoms with Crippen molar-refractivity contribution >= 4 is 22.7 Å². The highest BCUT2D eigenvalue weighted by molar-refractivity contribution is 5.90. The van der Waals surface area contributed by atoms with Crippen LogP contribution in [0.25, 0.3) is 10.9 Å². The lowest BCUT2D eigenvalue weighted by Gasteiger charge is -2.15. The Morgan fingerprint density at radius 1 is 1.14 bits per heavy atom. The summed E-state index contributed by atoms with van der Waals surface area (Å²) >= 11 is 0. The molecule has 0 saturated heterocycles. The van der Waals surface area contributed by atoms with E-state index in [0.29, 0.717) is 11.2 Å². The topological polar surface area (TPSA) is 76.7 Å².